The van der Waals surface area contributed by atoms with E-state index in [1.54, 1.807) is 18.3 Å². The number of anilines is 3. The van der Waals surface area contributed by atoms with Crippen LogP contribution in [0, 0.1) is 0 Å². The highest BCUT2D eigenvalue weighted by molar-refractivity contribution is 5.66. The number of rotatable bonds is 5. The van der Waals surface area contributed by atoms with Crippen molar-refractivity contribution in [2.75, 3.05) is 11.1 Å². The number of nitrogens with one attached hydrogen (secondary N) is 1. The summed E-state index contributed by atoms with van der Waals surface area (Å²) in [6, 6.07) is 8.46. The molecular weight excluding hydrogens is 351 g/mol. The Morgan fingerprint density at radius 1 is 0.962 bits per heavy atom. The SMILES string of the molecule is Nc1cccnc1Nc1cnc(Oc2cccc(OC(F)(F)F)c2)cn1. The minimum Gasteiger partial charge on any atom is -0.437 e. The number of halogens is 3. The number of pyridine rings is 1. The first-order chi connectivity index (χ1) is 12.4. The topological polar surface area (TPSA) is 95.2 Å². The lowest BCUT2D eigenvalue weighted by atomic mass is 10.3. The van der Waals surface area contributed by atoms with Gasteiger partial charge < -0.3 is 20.5 Å². The summed E-state index contributed by atoms with van der Waals surface area (Å²) in [7, 11) is 0. The molecule has 0 aliphatic carbocycles. The molecule has 7 nitrogen and oxygen atoms in total. The Balaban J connectivity index is 1.68. The van der Waals surface area contributed by atoms with E-state index >= 15 is 0 Å². The van der Waals surface area contributed by atoms with Gasteiger partial charge >= 0.3 is 6.36 Å². The molecule has 134 valence electrons. The molecule has 0 saturated heterocycles. The Labute approximate surface area is 145 Å². The first-order valence-electron chi connectivity index (χ1n) is 7.22. The molecule has 10 heteroatoms. The number of hydrogen-bond donors (Lipinski definition) is 2. The van der Waals surface area contributed by atoms with Gasteiger partial charge in [-0.3, -0.25) is 0 Å². The lowest BCUT2D eigenvalue weighted by molar-refractivity contribution is -0.274. The Hall–Kier alpha value is -3.56. The summed E-state index contributed by atoms with van der Waals surface area (Å²) in [5.74, 6) is 0.612. The van der Waals surface area contributed by atoms with Gasteiger partial charge in [0.1, 0.15) is 17.3 Å². The number of nitrogens with two attached hydrogens (primary N) is 1. The number of alkyl halides is 3. The van der Waals surface area contributed by atoms with Crippen LogP contribution in [0.15, 0.2) is 55.0 Å². The van der Waals surface area contributed by atoms with Gasteiger partial charge in [-0.25, -0.2) is 15.0 Å². The molecule has 0 aliphatic rings. The normalized spacial score (nSPS) is 11.0. The quantitative estimate of drug-likeness (QED) is 0.710. The van der Waals surface area contributed by atoms with E-state index in [1.165, 1.54) is 24.5 Å². The number of nitrogen functional groups attached to an aromatic ring is 1. The van der Waals surface area contributed by atoms with Gasteiger partial charge in [0.15, 0.2) is 5.82 Å². The monoisotopic (exact) mass is 363 g/mol. The van der Waals surface area contributed by atoms with Gasteiger partial charge in [-0.2, -0.15) is 0 Å². The molecular formula is C16H12F3N5O2. The predicted octanol–water partition coefficient (Wildman–Crippen LogP) is 3.89. The third-order valence-corrected chi connectivity index (χ3v) is 2.98. The van der Waals surface area contributed by atoms with E-state index in [9.17, 15) is 13.2 Å². The van der Waals surface area contributed by atoms with E-state index < -0.39 is 12.1 Å². The van der Waals surface area contributed by atoms with Crippen LogP contribution in [-0.4, -0.2) is 21.3 Å². The summed E-state index contributed by atoms with van der Waals surface area (Å²) in [4.78, 5) is 12.2. The third kappa shape index (κ3) is 4.72. The van der Waals surface area contributed by atoms with Crippen LogP contribution in [0.25, 0.3) is 0 Å². The van der Waals surface area contributed by atoms with E-state index in [0.717, 1.165) is 12.1 Å². The fraction of sp³-hybridized carbons (Fsp3) is 0.0625. The van der Waals surface area contributed by atoms with Crippen LogP contribution >= 0.6 is 0 Å². The molecule has 0 amide bonds. The minimum atomic E-state index is -4.78. The first kappa shape index (κ1) is 17.3. The van der Waals surface area contributed by atoms with E-state index in [2.05, 4.69) is 25.0 Å². The number of ether oxygens (including phenoxy) is 2. The Morgan fingerprint density at radius 2 is 1.77 bits per heavy atom. The van der Waals surface area contributed by atoms with Crippen LogP contribution < -0.4 is 20.5 Å². The van der Waals surface area contributed by atoms with E-state index in [-0.39, 0.29) is 11.6 Å². The van der Waals surface area contributed by atoms with Crippen molar-refractivity contribution in [3.8, 4) is 17.4 Å². The molecule has 0 aliphatic heterocycles. The zero-order chi connectivity index (χ0) is 18.6. The van der Waals surface area contributed by atoms with Crippen LogP contribution in [0.2, 0.25) is 0 Å². The highest BCUT2D eigenvalue weighted by Crippen LogP contribution is 2.28. The van der Waals surface area contributed by atoms with Crippen molar-refractivity contribution in [3.63, 3.8) is 0 Å². The van der Waals surface area contributed by atoms with Crippen molar-refractivity contribution in [2.45, 2.75) is 6.36 Å². The Morgan fingerprint density at radius 3 is 2.46 bits per heavy atom. The van der Waals surface area contributed by atoms with Crippen molar-refractivity contribution in [1.29, 1.82) is 0 Å². The largest absolute Gasteiger partial charge is 0.573 e. The van der Waals surface area contributed by atoms with E-state index in [4.69, 9.17) is 10.5 Å². The highest BCUT2D eigenvalue weighted by atomic mass is 19.4. The summed E-state index contributed by atoms with van der Waals surface area (Å²) in [6.07, 6.45) is -0.531. The summed E-state index contributed by atoms with van der Waals surface area (Å²) < 4.78 is 45.9. The maximum atomic E-state index is 12.2. The lowest BCUT2D eigenvalue weighted by Crippen LogP contribution is -2.17. The molecule has 2 aromatic heterocycles. The molecule has 3 N–H and O–H groups in total. The number of benzene rings is 1. The van der Waals surface area contributed by atoms with E-state index in [1.807, 2.05) is 0 Å². The second kappa shape index (κ2) is 7.13. The summed E-state index contributed by atoms with van der Waals surface area (Å²) in [5.41, 5.74) is 6.21. The van der Waals surface area contributed by atoms with Crippen LogP contribution in [0.3, 0.4) is 0 Å². The summed E-state index contributed by atoms with van der Waals surface area (Å²) in [6.45, 7) is 0. The van der Waals surface area contributed by atoms with Crippen molar-refractivity contribution in [3.05, 3.63) is 55.0 Å². The first-order valence-corrected chi connectivity index (χ1v) is 7.22. The molecule has 0 saturated carbocycles. The maximum absolute atomic E-state index is 12.2. The van der Waals surface area contributed by atoms with Gasteiger partial charge in [0.2, 0.25) is 5.88 Å². The molecule has 0 bridgehead atoms. The summed E-state index contributed by atoms with van der Waals surface area (Å²) >= 11 is 0. The second-order valence-electron chi connectivity index (χ2n) is 4.93. The fourth-order valence-electron chi connectivity index (χ4n) is 1.93. The molecule has 3 aromatic rings. The highest BCUT2D eigenvalue weighted by Gasteiger charge is 2.31. The van der Waals surface area contributed by atoms with Gasteiger partial charge in [-0.1, -0.05) is 6.07 Å². The lowest BCUT2D eigenvalue weighted by Gasteiger charge is -2.10. The molecule has 3 rings (SSSR count). The van der Waals surface area contributed by atoms with Gasteiger partial charge in [-0.05, 0) is 24.3 Å². The second-order valence-corrected chi connectivity index (χ2v) is 4.93. The molecule has 26 heavy (non-hydrogen) atoms. The Bertz CT molecular complexity index is 888. The fourth-order valence-corrected chi connectivity index (χ4v) is 1.93. The average Bonchev–Trinajstić information content (AvgIpc) is 2.57. The van der Waals surface area contributed by atoms with Crippen molar-refractivity contribution < 1.29 is 22.6 Å². The molecule has 0 atom stereocenters. The van der Waals surface area contributed by atoms with Gasteiger partial charge in [0.25, 0.3) is 0 Å². The zero-order valence-corrected chi connectivity index (χ0v) is 13.1. The third-order valence-electron chi connectivity index (χ3n) is 2.98. The molecule has 0 unspecified atom stereocenters. The predicted molar refractivity (Wildman–Crippen MR) is 87.2 cm³/mol. The number of nitrogens with zero attached hydrogens (tertiary/aromatic N) is 3. The van der Waals surface area contributed by atoms with Crippen LogP contribution in [0.5, 0.6) is 17.4 Å². The van der Waals surface area contributed by atoms with Gasteiger partial charge in [0, 0.05) is 12.3 Å². The summed E-state index contributed by atoms with van der Waals surface area (Å²) in [5, 5.41) is 2.89. The molecule has 0 radical (unpaired) electrons. The molecule has 2 heterocycles. The van der Waals surface area contributed by atoms with E-state index in [0.29, 0.717) is 17.3 Å². The molecule has 1 aromatic carbocycles. The maximum Gasteiger partial charge on any atom is 0.573 e. The van der Waals surface area contributed by atoms with Crippen LogP contribution in [0.1, 0.15) is 0 Å². The minimum absolute atomic E-state index is 0.0914. The van der Waals surface area contributed by atoms with Crippen molar-refractivity contribution in [1.82, 2.24) is 15.0 Å². The average molecular weight is 363 g/mol. The molecule has 0 fully saturated rings. The van der Waals surface area contributed by atoms with Gasteiger partial charge in [0.05, 0.1) is 18.1 Å². The number of aromatic nitrogens is 3. The van der Waals surface area contributed by atoms with Crippen LogP contribution in [-0.2, 0) is 0 Å². The molecule has 0 spiro atoms. The van der Waals surface area contributed by atoms with Crippen molar-refractivity contribution >= 4 is 17.3 Å². The van der Waals surface area contributed by atoms with Gasteiger partial charge in [-0.15, -0.1) is 13.2 Å². The zero-order valence-electron chi connectivity index (χ0n) is 13.1. The Kier molecular flexibility index (Phi) is 4.74. The smallest absolute Gasteiger partial charge is 0.437 e. The standard InChI is InChI=1S/C16H12F3N5O2/c17-16(18,19)26-11-4-1-3-10(7-11)25-14-9-22-13(8-23-14)24-15-12(20)5-2-6-21-15/h1-9H,20H2,(H,21,22,24). The van der Waals surface area contributed by atoms with Crippen molar-refractivity contribution in [2.24, 2.45) is 0 Å². The number of hydrogen-bond acceptors (Lipinski definition) is 7. The van der Waals surface area contributed by atoms with Crippen LogP contribution in [0.4, 0.5) is 30.5 Å².